The molecule has 166 valence electrons. The molecule has 1 aliphatic carbocycles. The van der Waals surface area contributed by atoms with E-state index in [0.29, 0.717) is 11.3 Å². The largest absolute Gasteiger partial charge is 0.338 e. The maximum Gasteiger partial charge on any atom is 0.255 e. The molecule has 0 aliphatic heterocycles. The highest BCUT2D eigenvalue weighted by Gasteiger charge is 2.21. The lowest BCUT2D eigenvalue weighted by Gasteiger charge is -2.20. The summed E-state index contributed by atoms with van der Waals surface area (Å²) in [4.78, 5) is 36.8. The Morgan fingerprint density at radius 1 is 0.848 bits per heavy atom. The fourth-order valence-electron chi connectivity index (χ4n) is 4.25. The molecule has 1 saturated carbocycles. The summed E-state index contributed by atoms with van der Waals surface area (Å²) in [5, 5.41) is 5.94. The molecular weight excluding hydrogens is 414 g/mol. The van der Waals surface area contributed by atoms with E-state index in [4.69, 9.17) is 0 Å². The van der Waals surface area contributed by atoms with Crippen molar-refractivity contribution in [1.82, 2.24) is 15.0 Å². The van der Waals surface area contributed by atoms with E-state index in [-0.39, 0.29) is 17.7 Å². The summed E-state index contributed by atoms with van der Waals surface area (Å²) >= 11 is 0. The van der Waals surface area contributed by atoms with Gasteiger partial charge in [0.05, 0.1) is 11.0 Å². The monoisotopic (exact) mass is 439 g/mol. The second-order valence-electron chi connectivity index (χ2n) is 8.41. The SMILES string of the molecule is O=C(Nc1ccc2nc(-c3ccc(NC(=O)C4CCCCC4)cc3)[nH]c2c1)c1ccncc1. The molecule has 5 rings (SSSR count). The number of H-pyrrole nitrogens is 1. The number of pyridine rings is 1. The van der Waals surface area contributed by atoms with E-state index in [2.05, 4.69) is 25.6 Å². The molecule has 3 N–H and O–H groups in total. The second kappa shape index (κ2) is 9.24. The minimum absolute atomic E-state index is 0.118. The third-order valence-corrected chi connectivity index (χ3v) is 6.08. The molecule has 2 heterocycles. The predicted molar refractivity (Wildman–Crippen MR) is 129 cm³/mol. The maximum absolute atomic E-state index is 12.5. The molecule has 33 heavy (non-hydrogen) atoms. The number of nitrogens with one attached hydrogen (secondary N) is 3. The van der Waals surface area contributed by atoms with Crippen LogP contribution in [0.15, 0.2) is 67.0 Å². The summed E-state index contributed by atoms with van der Waals surface area (Å²) in [5.41, 5.74) is 4.58. The lowest BCUT2D eigenvalue weighted by Crippen LogP contribution is -2.24. The third-order valence-electron chi connectivity index (χ3n) is 6.08. The number of hydrogen-bond donors (Lipinski definition) is 3. The molecule has 0 saturated heterocycles. The Morgan fingerprint density at radius 3 is 2.33 bits per heavy atom. The van der Waals surface area contributed by atoms with Gasteiger partial charge in [-0.05, 0) is 67.4 Å². The lowest BCUT2D eigenvalue weighted by atomic mass is 9.88. The zero-order valence-electron chi connectivity index (χ0n) is 18.2. The number of aromatic nitrogens is 3. The molecule has 7 heteroatoms. The van der Waals surface area contributed by atoms with E-state index in [1.165, 1.54) is 6.42 Å². The summed E-state index contributed by atoms with van der Waals surface area (Å²) < 4.78 is 0. The van der Waals surface area contributed by atoms with Gasteiger partial charge in [-0.25, -0.2) is 4.98 Å². The zero-order valence-corrected chi connectivity index (χ0v) is 18.2. The van der Waals surface area contributed by atoms with Gasteiger partial charge in [0.1, 0.15) is 5.82 Å². The van der Waals surface area contributed by atoms with E-state index >= 15 is 0 Å². The van der Waals surface area contributed by atoms with Crippen molar-refractivity contribution >= 4 is 34.2 Å². The van der Waals surface area contributed by atoms with Gasteiger partial charge in [-0.2, -0.15) is 0 Å². The number of fused-ring (bicyclic) bond motifs is 1. The van der Waals surface area contributed by atoms with Gasteiger partial charge in [0, 0.05) is 40.8 Å². The molecule has 0 unspecified atom stereocenters. The fraction of sp³-hybridized carbons (Fsp3) is 0.231. The molecule has 2 aromatic heterocycles. The Morgan fingerprint density at radius 2 is 1.58 bits per heavy atom. The van der Waals surface area contributed by atoms with Crippen molar-refractivity contribution in [1.29, 1.82) is 0 Å². The first-order valence-electron chi connectivity index (χ1n) is 11.3. The van der Waals surface area contributed by atoms with Gasteiger partial charge in [-0.3, -0.25) is 14.6 Å². The van der Waals surface area contributed by atoms with Crippen LogP contribution in [0.25, 0.3) is 22.4 Å². The highest BCUT2D eigenvalue weighted by molar-refractivity contribution is 6.05. The Hall–Kier alpha value is -4.00. The van der Waals surface area contributed by atoms with Crippen LogP contribution in [0, 0.1) is 5.92 Å². The number of anilines is 2. The number of hydrogen-bond acceptors (Lipinski definition) is 4. The summed E-state index contributed by atoms with van der Waals surface area (Å²) in [6.07, 6.45) is 8.64. The summed E-state index contributed by atoms with van der Waals surface area (Å²) in [6.45, 7) is 0. The van der Waals surface area contributed by atoms with Crippen LogP contribution < -0.4 is 10.6 Å². The van der Waals surface area contributed by atoms with Gasteiger partial charge in [0.15, 0.2) is 0 Å². The zero-order chi connectivity index (χ0) is 22.6. The van der Waals surface area contributed by atoms with Crippen LogP contribution >= 0.6 is 0 Å². The minimum Gasteiger partial charge on any atom is -0.338 e. The van der Waals surface area contributed by atoms with Crippen molar-refractivity contribution in [3.05, 3.63) is 72.6 Å². The summed E-state index contributed by atoms with van der Waals surface area (Å²) in [7, 11) is 0. The van der Waals surface area contributed by atoms with Crippen molar-refractivity contribution in [2.75, 3.05) is 10.6 Å². The molecule has 2 aromatic carbocycles. The number of nitrogens with zero attached hydrogens (tertiary/aromatic N) is 2. The van der Waals surface area contributed by atoms with Gasteiger partial charge >= 0.3 is 0 Å². The number of benzene rings is 2. The molecule has 2 amide bonds. The van der Waals surface area contributed by atoms with Gasteiger partial charge in [-0.15, -0.1) is 0 Å². The molecule has 0 radical (unpaired) electrons. The highest BCUT2D eigenvalue weighted by atomic mass is 16.2. The van der Waals surface area contributed by atoms with Gasteiger partial charge in [0.2, 0.25) is 5.91 Å². The van der Waals surface area contributed by atoms with Crippen LogP contribution in [0.3, 0.4) is 0 Å². The topological polar surface area (TPSA) is 99.8 Å². The standard InChI is InChI=1S/C26H25N5O2/c32-25(18-4-2-1-3-5-18)28-20-8-6-17(7-9-20)24-30-22-11-10-21(16-23(22)31-24)29-26(33)19-12-14-27-15-13-19/h6-16,18H,1-5H2,(H,28,32)(H,29,33)(H,30,31). The predicted octanol–water partition coefficient (Wildman–Crippen LogP) is 5.40. The first kappa shape index (κ1) is 20.9. The first-order chi connectivity index (χ1) is 16.2. The molecule has 1 aliphatic rings. The van der Waals surface area contributed by atoms with E-state index in [1.54, 1.807) is 24.5 Å². The van der Waals surface area contributed by atoms with Crippen molar-refractivity contribution in [2.45, 2.75) is 32.1 Å². The Kier molecular flexibility index (Phi) is 5.85. The molecule has 0 atom stereocenters. The first-order valence-corrected chi connectivity index (χ1v) is 11.3. The minimum atomic E-state index is -0.192. The number of rotatable bonds is 5. The molecule has 1 fully saturated rings. The number of imidazole rings is 1. The fourth-order valence-corrected chi connectivity index (χ4v) is 4.25. The van der Waals surface area contributed by atoms with E-state index in [0.717, 1.165) is 53.8 Å². The van der Waals surface area contributed by atoms with Crippen LogP contribution in [0.4, 0.5) is 11.4 Å². The average molecular weight is 440 g/mol. The summed E-state index contributed by atoms with van der Waals surface area (Å²) in [6, 6.07) is 16.6. The number of aromatic amines is 1. The normalized spacial score (nSPS) is 14.2. The number of amides is 2. The third kappa shape index (κ3) is 4.77. The smallest absolute Gasteiger partial charge is 0.255 e. The Bertz CT molecular complexity index is 1280. The van der Waals surface area contributed by atoms with Crippen molar-refractivity contribution < 1.29 is 9.59 Å². The molecule has 7 nitrogen and oxygen atoms in total. The Labute approximate surface area is 191 Å². The van der Waals surface area contributed by atoms with E-state index in [1.807, 2.05) is 42.5 Å². The van der Waals surface area contributed by atoms with Crippen molar-refractivity contribution in [2.24, 2.45) is 5.92 Å². The second-order valence-corrected chi connectivity index (χ2v) is 8.41. The lowest BCUT2D eigenvalue weighted by molar-refractivity contribution is -0.120. The Balaban J connectivity index is 1.28. The molecule has 4 aromatic rings. The highest BCUT2D eigenvalue weighted by Crippen LogP contribution is 2.27. The van der Waals surface area contributed by atoms with E-state index in [9.17, 15) is 9.59 Å². The van der Waals surface area contributed by atoms with Gasteiger partial charge in [0.25, 0.3) is 5.91 Å². The average Bonchev–Trinajstić information content (AvgIpc) is 3.29. The van der Waals surface area contributed by atoms with Gasteiger partial charge < -0.3 is 15.6 Å². The number of carbonyl (C=O) groups excluding carboxylic acids is 2. The quantitative estimate of drug-likeness (QED) is 0.388. The summed E-state index contributed by atoms with van der Waals surface area (Å²) in [5.74, 6) is 0.782. The molecule has 0 bridgehead atoms. The molecular formula is C26H25N5O2. The molecule has 0 spiro atoms. The van der Waals surface area contributed by atoms with Crippen LogP contribution in [0.2, 0.25) is 0 Å². The van der Waals surface area contributed by atoms with Crippen molar-refractivity contribution in [3.63, 3.8) is 0 Å². The van der Waals surface area contributed by atoms with Crippen molar-refractivity contribution in [3.8, 4) is 11.4 Å². The van der Waals surface area contributed by atoms with Crippen LogP contribution in [0.5, 0.6) is 0 Å². The van der Waals surface area contributed by atoms with Crippen LogP contribution in [-0.2, 0) is 4.79 Å². The van der Waals surface area contributed by atoms with Crippen LogP contribution in [0.1, 0.15) is 42.5 Å². The van der Waals surface area contributed by atoms with Gasteiger partial charge in [-0.1, -0.05) is 19.3 Å². The maximum atomic E-state index is 12.5. The van der Waals surface area contributed by atoms with E-state index < -0.39 is 0 Å². The number of carbonyl (C=O) groups is 2. The van der Waals surface area contributed by atoms with Crippen LogP contribution in [-0.4, -0.2) is 26.8 Å².